The highest BCUT2D eigenvalue weighted by atomic mass is 35.5. The predicted molar refractivity (Wildman–Crippen MR) is 119 cm³/mol. The van der Waals surface area contributed by atoms with Gasteiger partial charge in [0.15, 0.2) is 0 Å². The molecule has 1 N–H and O–H groups in total. The number of aromatic nitrogens is 2. The Balaban J connectivity index is 0.00000225. The quantitative estimate of drug-likeness (QED) is 0.758. The van der Waals surface area contributed by atoms with E-state index in [4.69, 9.17) is 16.7 Å². The van der Waals surface area contributed by atoms with Gasteiger partial charge in [-0.05, 0) is 71.1 Å². The van der Waals surface area contributed by atoms with E-state index in [2.05, 4.69) is 47.9 Å². The molecule has 4 nitrogen and oxygen atoms in total. The zero-order valence-electron chi connectivity index (χ0n) is 17.2. The standard InChI is InChI=1S/C22H31ClN4.ClH/c1-21(2,3)27-15-17(20(25-27)18-6-4-5-7-19(18)23)14-26-13-10-22(16-26)8-11-24-12-9-22;/h4-7,15,24H,8-14,16H2,1-3H3;1H. The minimum absolute atomic E-state index is 0. The van der Waals surface area contributed by atoms with Crippen molar-refractivity contribution in [3.05, 3.63) is 41.0 Å². The van der Waals surface area contributed by atoms with Crippen LogP contribution in [0.1, 0.15) is 45.6 Å². The maximum atomic E-state index is 6.52. The SMILES string of the molecule is CC(C)(C)n1cc(CN2CCC3(CCNCC3)C2)c(-c2ccccc2Cl)n1.Cl. The van der Waals surface area contributed by atoms with Gasteiger partial charge in [-0.3, -0.25) is 9.58 Å². The molecule has 154 valence electrons. The first-order valence-corrected chi connectivity index (χ1v) is 10.5. The number of benzene rings is 1. The van der Waals surface area contributed by atoms with Crippen LogP contribution in [0.15, 0.2) is 30.5 Å². The Hall–Kier alpha value is -1.07. The summed E-state index contributed by atoms with van der Waals surface area (Å²) in [5.74, 6) is 0. The highest BCUT2D eigenvalue weighted by Crippen LogP contribution is 2.40. The normalized spacial score (nSPS) is 19.7. The van der Waals surface area contributed by atoms with Gasteiger partial charge in [0.2, 0.25) is 0 Å². The molecule has 0 aliphatic carbocycles. The molecule has 0 saturated carbocycles. The summed E-state index contributed by atoms with van der Waals surface area (Å²) in [5, 5.41) is 9.24. The zero-order chi connectivity index (χ0) is 19.1. The lowest BCUT2D eigenvalue weighted by Crippen LogP contribution is -2.38. The predicted octanol–water partition coefficient (Wildman–Crippen LogP) is 4.96. The number of hydrogen-bond donors (Lipinski definition) is 1. The van der Waals surface area contributed by atoms with Gasteiger partial charge in [0.1, 0.15) is 0 Å². The third kappa shape index (κ3) is 4.40. The lowest BCUT2D eigenvalue weighted by molar-refractivity contribution is 0.194. The van der Waals surface area contributed by atoms with Gasteiger partial charge >= 0.3 is 0 Å². The van der Waals surface area contributed by atoms with Gasteiger partial charge in [-0.1, -0.05) is 29.8 Å². The highest BCUT2D eigenvalue weighted by molar-refractivity contribution is 6.33. The third-order valence-electron chi connectivity index (χ3n) is 6.18. The summed E-state index contributed by atoms with van der Waals surface area (Å²) in [4.78, 5) is 2.62. The average Bonchev–Trinajstić information content (AvgIpc) is 3.21. The second-order valence-electron chi connectivity index (χ2n) is 9.31. The Morgan fingerprint density at radius 1 is 1.14 bits per heavy atom. The second-order valence-corrected chi connectivity index (χ2v) is 9.72. The maximum Gasteiger partial charge on any atom is 0.0983 e. The van der Waals surface area contributed by atoms with E-state index in [-0.39, 0.29) is 17.9 Å². The molecule has 6 heteroatoms. The summed E-state index contributed by atoms with van der Waals surface area (Å²) in [7, 11) is 0. The van der Waals surface area contributed by atoms with Gasteiger partial charge in [-0.2, -0.15) is 5.10 Å². The summed E-state index contributed by atoms with van der Waals surface area (Å²) in [6.45, 7) is 12.3. The molecule has 2 aliphatic rings. The van der Waals surface area contributed by atoms with Crippen molar-refractivity contribution in [3.63, 3.8) is 0 Å². The van der Waals surface area contributed by atoms with Crippen molar-refractivity contribution in [1.82, 2.24) is 20.0 Å². The van der Waals surface area contributed by atoms with Crippen molar-refractivity contribution in [2.24, 2.45) is 5.41 Å². The zero-order valence-corrected chi connectivity index (χ0v) is 18.7. The van der Waals surface area contributed by atoms with Gasteiger partial charge in [-0.15, -0.1) is 12.4 Å². The second kappa shape index (κ2) is 8.35. The molecule has 1 spiro atoms. The molecule has 2 saturated heterocycles. The smallest absolute Gasteiger partial charge is 0.0983 e. The Morgan fingerprint density at radius 3 is 2.54 bits per heavy atom. The number of halogens is 2. The van der Waals surface area contributed by atoms with Gasteiger partial charge in [0, 0.05) is 30.4 Å². The molecule has 0 radical (unpaired) electrons. The highest BCUT2D eigenvalue weighted by Gasteiger charge is 2.39. The fraction of sp³-hybridized carbons (Fsp3) is 0.591. The summed E-state index contributed by atoms with van der Waals surface area (Å²) in [6, 6.07) is 8.06. The summed E-state index contributed by atoms with van der Waals surface area (Å²) < 4.78 is 2.09. The summed E-state index contributed by atoms with van der Waals surface area (Å²) in [5.41, 5.74) is 3.82. The number of rotatable bonds is 3. The van der Waals surface area contributed by atoms with E-state index in [0.29, 0.717) is 5.41 Å². The number of likely N-dealkylation sites (tertiary alicyclic amines) is 1. The van der Waals surface area contributed by atoms with Crippen LogP contribution < -0.4 is 5.32 Å². The van der Waals surface area contributed by atoms with E-state index in [9.17, 15) is 0 Å². The van der Waals surface area contributed by atoms with E-state index in [1.807, 2.05) is 18.2 Å². The van der Waals surface area contributed by atoms with E-state index >= 15 is 0 Å². The third-order valence-corrected chi connectivity index (χ3v) is 6.51. The first-order chi connectivity index (χ1) is 12.9. The summed E-state index contributed by atoms with van der Waals surface area (Å²) in [6.07, 6.45) is 6.17. The Bertz CT molecular complexity index is 803. The van der Waals surface area contributed by atoms with Crippen LogP contribution in [-0.4, -0.2) is 40.9 Å². The van der Waals surface area contributed by atoms with Crippen LogP contribution in [0.25, 0.3) is 11.3 Å². The lowest BCUT2D eigenvalue weighted by Gasteiger charge is -2.33. The van der Waals surface area contributed by atoms with Crippen LogP contribution in [0.2, 0.25) is 5.02 Å². The van der Waals surface area contributed by atoms with Gasteiger partial charge < -0.3 is 5.32 Å². The van der Waals surface area contributed by atoms with Crippen molar-refractivity contribution < 1.29 is 0 Å². The van der Waals surface area contributed by atoms with Crippen LogP contribution in [0.4, 0.5) is 0 Å². The lowest BCUT2D eigenvalue weighted by atomic mass is 9.78. The molecular formula is C22H32Cl2N4. The van der Waals surface area contributed by atoms with Gasteiger partial charge in [0.25, 0.3) is 0 Å². The minimum atomic E-state index is -0.0461. The topological polar surface area (TPSA) is 33.1 Å². The van der Waals surface area contributed by atoms with Crippen LogP contribution in [-0.2, 0) is 12.1 Å². The van der Waals surface area contributed by atoms with E-state index < -0.39 is 0 Å². The van der Waals surface area contributed by atoms with E-state index in [1.165, 1.54) is 51.0 Å². The van der Waals surface area contributed by atoms with Crippen LogP contribution in [0, 0.1) is 5.41 Å². The van der Waals surface area contributed by atoms with Crippen LogP contribution >= 0.6 is 24.0 Å². The van der Waals surface area contributed by atoms with Crippen molar-refractivity contribution in [2.45, 2.75) is 52.1 Å². The molecule has 0 unspecified atom stereocenters. The molecule has 3 heterocycles. The number of hydrogen-bond acceptors (Lipinski definition) is 3. The average molecular weight is 423 g/mol. The molecule has 28 heavy (non-hydrogen) atoms. The molecule has 0 amide bonds. The van der Waals surface area contributed by atoms with Crippen molar-refractivity contribution >= 4 is 24.0 Å². The van der Waals surface area contributed by atoms with Crippen molar-refractivity contribution in [2.75, 3.05) is 26.2 Å². The fourth-order valence-electron chi connectivity index (χ4n) is 4.52. The Labute approximate surface area is 180 Å². The molecule has 0 bridgehead atoms. The van der Waals surface area contributed by atoms with Crippen LogP contribution in [0.3, 0.4) is 0 Å². The molecule has 0 atom stereocenters. The fourth-order valence-corrected chi connectivity index (χ4v) is 4.74. The number of nitrogens with one attached hydrogen (secondary N) is 1. The maximum absolute atomic E-state index is 6.52. The van der Waals surface area contributed by atoms with Crippen molar-refractivity contribution in [1.29, 1.82) is 0 Å². The van der Waals surface area contributed by atoms with Crippen molar-refractivity contribution in [3.8, 4) is 11.3 Å². The molecule has 1 aromatic carbocycles. The molecule has 4 rings (SSSR count). The largest absolute Gasteiger partial charge is 0.317 e. The van der Waals surface area contributed by atoms with Gasteiger partial charge in [0.05, 0.1) is 16.3 Å². The number of piperidine rings is 1. The molecule has 2 fully saturated rings. The number of nitrogens with zero attached hydrogens (tertiary/aromatic N) is 3. The molecule has 2 aliphatic heterocycles. The van der Waals surface area contributed by atoms with E-state index in [1.54, 1.807) is 0 Å². The van der Waals surface area contributed by atoms with Crippen LogP contribution in [0.5, 0.6) is 0 Å². The molecule has 2 aromatic rings. The first-order valence-electron chi connectivity index (χ1n) is 10.1. The van der Waals surface area contributed by atoms with E-state index in [0.717, 1.165) is 22.8 Å². The Morgan fingerprint density at radius 2 is 1.86 bits per heavy atom. The Kier molecular flexibility index (Phi) is 6.45. The minimum Gasteiger partial charge on any atom is -0.317 e. The monoisotopic (exact) mass is 422 g/mol. The molecule has 1 aromatic heterocycles. The molecular weight excluding hydrogens is 391 g/mol. The first kappa shape index (κ1) is 21.6. The van der Waals surface area contributed by atoms with Gasteiger partial charge in [-0.25, -0.2) is 0 Å². The summed E-state index contributed by atoms with van der Waals surface area (Å²) >= 11 is 6.52.